The highest BCUT2D eigenvalue weighted by atomic mass is 35.5. The molecule has 1 aromatic carbocycles. The van der Waals surface area contributed by atoms with Crippen molar-refractivity contribution in [3.63, 3.8) is 0 Å². The van der Waals surface area contributed by atoms with Crippen molar-refractivity contribution in [1.29, 1.82) is 5.26 Å². The molecule has 0 aliphatic rings. The average molecular weight is 251 g/mol. The van der Waals surface area contributed by atoms with Crippen LogP contribution in [0.1, 0.15) is 26.3 Å². The minimum Gasteiger partial charge on any atom is -0.324 e. The van der Waals surface area contributed by atoms with E-state index in [1.807, 2.05) is 26.8 Å². The molecule has 1 rings (SSSR count). The molecule has 1 atom stereocenters. The largest absolute Gasteiger partial charge is 0.324 e. The topological polar surface area (TPSA) is 52.9 Å². The summed E-state index contributed by atoms with van der Waals surface area (Å²) in [6, 6.07) is 6.81. The number of hydrogen-bond donors (Lipinski definition) is 1. The van der Waals surface area contributed by atoms with Crippen molar-refractivity contribution in [1.82, 2.24) is 0 Å². The van der Waals surface area contributed by atoms with E-state index in [1.165, 1.54) is 0 Å². The molecule has 17 heavy (non-hydrogen) atoms. The molecule has 0 aromatic heterocycles. The number of rotatable bonds is 3. The lowest BCUT2D eigenvalue weighted by Gasteiger charge is -2.16. The maximum absolute atomic E-state index is 11.9. The number of nitrogens with one attached hydrogen (secondary N) is 1. The van der Waals surface area contributed by atoms with E-state index in [0.29, 0.717) is 16.3 Å². The van der Waals surface area contributed by atoms with Crippen LogP contribution in [0, 0.1) is 23.2 Å². The smallest absolute Gasteiger partial charge is 0.227 e. The zero-order valence-electron chi connectivity index (χ0n) is 10.1. The standard InChI is InChI=1S/C13H15ClN2O/c1-8(2)9(3)13(17)16-12-6-10(7-15)4-5-11(12)14/h4-6,8-9H,1-3H3,(H,16,17). The van der Waals surface area contributed by atoms with Crippen LogP contribution in [0.15, 0.2) is 18.2 Å². The number of amides is 1. The summed E-state index contributed by atoms with van der Waals surface area (Å²) in [6.45, 7) is 5.83. The molecule has 0 spiro atoms. The second-order valence-corrected chi connectivity index (χ2v) is 4.74. The normalized spacial score (nSPS) is 12.0. The van der Waals surface area contributed by atoms with Gasteiger partial charge in [0, 0.05) is 5.92 Å². The molecular weight excluding hydrogens is 236 g/mol. The molecule has 1 amide bonds. The van der Waals surface area contributed by atoms with Gasteiger partial charge in [-0.05, 0) is 24.1 Å². The molecule has 0 fully saturated rings. The van der Waals surface area contributed by atoms with Crippen molar-refractivity contribution >= 4 is 23.2 Å². The highest BCUT2D eigenvalue weighted by Crippen LogP contribution is 2.24. The van der Waals surface area contributed by atoms with Crippen LogP contribution in [0.5, 0.6) is 0 Å². The number of anilines is 1. The van der Waals surface area contributed by atoms with Crippen LogP contribution in [-0.4, -0.2) is 5.91 Å². The van der Waals surface area contributed by atoms with Gasteiger partial charge in [0.25, 0.3) is 0 Å². The molecular formula is C13H15ClN2O. The molecule has 0 aliphatic heterocycles. The Hall–Kier alpha value is -1.53. The van der Waals surface area contributed by atoms with Crippen LogP contribution in [0.25, 0.3) is 0 Å². The first-order chi connectivity index (χ1) is 7.95. The van der Waals surface area contributed by atoms with Gasteiger partial charge in [0.2, 0.25) is 5.91 Å². The Morgan fingerprint density at radius 2 is 2.06 bits per heavy atom. The Morgan fingerprint density at radius 3 is 2.59 bits per heavy atom. The summed E-state index contributed by atoms with van der Waals surface area (Å²) in [6.07, 6.45) is 0. The first kappa shape index (κ1) is 13.5. The number of hydrogen-bond acceptors (Lipinski definition) is 2. The Bertz CT molecular complexity index is 463. The van der Waals surface area contributed by atoms with Crippen molar-refractivity contribution in [3.05, 3.63) is 28.8 Å². The molecule has 1 aromatic rings. The van der Waals surface area contributed by atoms with Gasteiger partial charge in [0.05, 0.1) is 22.3 Å². The number of nitriles is 1. The number of carbonyl (C=O) groups excluding carboxylic acids is 1. The van der Waals surface area contributed by atoms with Crippen molar-refractivity contribution < 1.29 is 4.79 Å². The fourth-order valence-corrected chi connectivity index (χ4v) is 1.40. The Morgan fingerprint density at radius 1 is 1.41 bits per heavy atom. The van der Waals surface area contributed by atoms with Gasteiger partial charge in [-0.1, -0.05) is 32.4 Å². The molecule has 3 nitrogen and oxygen atoms in total. The van der Waals surface area contributed by atoms with E-state index in [2.05, 4.69) is 5.32 Å². The summed E-state index contributed by atoms with van der Waals surface area (Å²) in [4.78, 5) is 11.9. The molecule has 0 bridgehead atoms. The summed E-state index contributed by atoms with van der Waals surface area (Å²) >= 11 is 5.96. The predicted molar refractivity (Wildman–Crippen MR) is 68.8 cm³/mol. The zero-order chi connectivity index (χ0) is 13.0. The fraction of sp³-hybridized carbons (Fsp3) is 0.385. The number of nitrogens with zero attached hydrogens (tertiary/aromatic N) is 1. The van der Waals surface area contributed by atoms with Gasteiger partial charge in [0.15, 0.2) is 0 Å². The Balaban J connectivity index is 2.88. The Kier molecular flexibility index (Phi) is 4.53. The predicted octanol–water partition coefficient (Wildman–Crippen LogP) is 3.44. The molecule has 0 saturated heterocycles. The minimum absolute atomic E-state index is 0.0861. The summed E-state index contributed by atoms with van der Waals surface area (Å²) in [5.74, 6) is 0.0710. The highest BCUT2D eigenvalue weighted by Gasteiger charge is 2.17. The van der Waals surface area contributed by atoms with Gasteiger partial charge in [-0.2, -0.15) is 5.26 Å². The summed E-state index contributed by atoms with van der Waals surface area (Å²) < 4.78 is 0. The van der Waals surface area contributed by atoms with E-state index in [4.69, 9.17) is 16.9 Å². The van der Waals surface area contributed by atoms with Crippen molar-refractivity contribution in [2.45, 2.75) is 20.8 Å². The molecule has 4 heteroatoms. The lowest BCUT2D eigenvalue weighted by atomic mass is 9.97. The van der Waals surface area contributed by atoms with Gasteiger partial charge < -0.3 is 5.32 Å². The SMILES string of the molecule is CC(C)C(C)C(=O)Nc1cc(C#N)ccc1Cl. The lowest BCUT2D eigenvalue weighted by molar-refractivity contribution is -0.120. The fourth-order valence-electron chi connectivity index (χ4n) is 1.24. The summed E-state index contributed by atoms with van der Waals surface area (Å²) in [7, 11) is 0. The Labute approximate surface area is 106 Å². The maximum Gasteiger partial charge on any atom is 0.227 e. The number of benzene rings is 1. The van der Waals surface area contributed by atoms with Gasteiger partial charge >= 0.3 is 0 Å². The van der Waals surface area contributed by atoms with Crippen LogP contribution in [0.4, 0.5) is 5.69 Å². The third-order valence-corrected chi connectivity index (χ3v) is 3.10. The molecule has 0 saturated carbocycles. The number of halogens is 1. The summed E-state index contributed by atoms with van der Waals surface area (Å²) in [5, 5.41) is 12.0. The van der Waals surface area contributed by atoms with E-state index in [9.17, 15) is 4.79 Å². The van der Waals surface area contributed by atoms with Crippen molar-refractivity contribution in [2.75, 3.05) is 5.32 Å². The second kappa shape index (κ2) is 5.70. The van der Waals surface area contributed by atoms with Crippen LogP contribution in [0.2, 0.25) is 5.02 Å². The first-order valence-corrected chi connectivity index (χ1v) is 5.84. The monoisotopic (exact) mass is 250 g/mol. The van der Waals surface area contributed by atoms with Crippen LogP contribution >= 0.6 is 11.6 Å². The molecule has 1 unspecified atom stereocenters. The lowest BCUT2D eigenvalue weighted by Crippen LogP contribution is -2.24. The van der Waals surface area contributed by atoms with Crippen LogP contribution < -0.4 is 5.32 Å². The van der Waals surface area contributed by atoms with Gasteiger partial charge in [0.1, 0.15) is 0 Å². The van der Waals surface area contributed by atoms with E-state index >= 15 is 0 Å². The molecule has 0 heterocycles. The van der Waals surface area contributed by atoms with Crippen LogP contribution in [-0.2, 0) is 4.79 Å². The second-order valence-electron chi connectivity index (χ2n) is 4.33. The van der Waals surface area contributed by atoms with Gasteiger partial charge in [-0.15, -0.1) is 0 Å². The van der Waals surface area contributed by atoms with Gasteiger partial charge in [-0.3, -0.25) is 4.79 Å². The van der Waals surface area contributed by atoms with E-state index in [-0.39, 0.29) is 17.7 Å². The molecule has 1 N–H and O–H groups in total. The maximum atomic E-state index is 11.9. The highest BCUT2D eigenvalue weighted by molar-refractivity contribution is 6.33. The van der Waals surface area contributed by atoms with Crippen LogP contribution in [0.3, 0.4) is 0 Å². The molecule has 0 aliphatic carbocycles. The van der Waals surface area contributed by atoms with Crippen molar-refractivity contribution in [3.8, 4) is 6.07 Å². The number of carbonyl (C=O) groups is 1. The molecule has 0 radical (unpaired) electrons. The van der Waals surface area contributed by atoms with E-state index < -0.39 is 0 Å². The van der Waals surface area contributed by atoms with Crippen molar-refractivity contribution in [2.24, 2.45) is 11.8 Å². The third-order valence-electron chi connectivity index (χ3n) is 2.77. The minimum atomic E-state index is -0.100. The quantitative estimate of drug-likeness (QED) is 0.893. The first-order valence-electron chi connectivity index (χ1n) is 5.46. The molecule has 90 valence electrons. The third kappa shape index (κ3) is 3.47. The average Bonchev–Trinajstić information content (AvgIpc) is 2.30. The summed E-state index contributed by atoms with van der Waals surface area (Å²) in [5.41, 5.74) is 0.963. The van der Waals surface area contributed by atoms with E-state index in [0.717, 1.165) is 0 Å². The van der Waals surface area contributed by atoms with E-state index in [1.54, 1.807) is 18.2 Å². The zero-order valence-corrected chi connectivity index (χ0v) is 10.9. The van der Waals surface area contributed by atoms with Gasteiger partial charge in [-0.25, -0.2) is 0 Å².